The molecule has 0 spiro atoms. The lowest BCUT2D eigenvalue weighted by molar-refractivity contribution is -0.0628. The van der Waals surface area contributed by atoms with Gasteiger partial charge in [-0.3, -0.25) is 4.57 Å². The molecule has 9 nitrogen and oxygen atoms in total. The van der Waals surface area contributed by atoms with E-state index in [0.29, 0.717) is 29.1 Å². The lowest BCUT2D eigenvalue weighted by Crippen LogP contribution is -2.42. The molecule has 3 fully saturated rings. The van der Waals surface area contributed by atoms with Gasteiger partial charge in [0.25, 0.3) is 0 Å². The summed E-state index contributed by atoms with van der Waals surface area (Å²) in [5.74, 6) is 0.776. The molecule has 4 atom stereocenters. The lowest BCUT2D eigenvalue weighted by atomic mass is 9.93. The van der Waals surface area contributed by atoms with Crippen molar-refractivity contribution in [2.75, 3.05) is 17.2 Å². The number of nitrogens with two attached hydrogens (primary N) is 1. The van der Waals surface area contributed by atoms with Crippen molar-refractivity contribution in [1.29, 1.82) is 0 Å². The Kier molecular flexibility index (Phi) is 4.01. The number of nitrogens with zero attached hydrogens (tertiary/aromatic N) is 5. The number of ether oxygens (including phenoxy) is 1. The molecule has 3 aliphatic rings. The van der Waals surface area contributed by atoms with E-state index in [9.17, 15) is 10.2 Å². The molecular weight excluding hydrogens is 367 g/mol. The number of hydrogen-bond donors (Lipinski definition) is 3. The van der Waals surface area contributed by atoms with Gasteiger partial charge in [-0.05, 0) is 32.1 Å². The van der Waals surface area contributed by atoms with Crippen LogP contribution in [0.3, 0.4) is 0 Å². The van der Waals surface area contributed by atoms with E-state index in [1.54, 1.807) is 6.92 Å². The average Bonchev–Trinajstić information content (AvgIpc) is 3.61. The number of anilines is 2. The van der Waals surface area contributed by atoms with Crippen LogP contribution in [0.4, 0.5) is 16.2 Å². The highest BCUT2D eigenvalue weighted by atomic mass is 19.1. The quantitative estimate of drug-likeness (QED) is 0.663. The summed E-state index contributed by atoms with van der Waals surface area (Å²) in [4.78, 5) is 15.5. The van der Waals surface area contributed by atoms with Crippen molar-refractivity contribution in [2.45, 2.75) is 75.2 Å². The minimum Gasteiger partial charge on any atom is -0.394 e. The highest BCUT2D eigenvalue weighted by Gasteiger charge is 2.57. The minimum absolute atomic E-state index is 0.0126. The number of rotatable bonds is 6. The second-order valence-corrected chi connectivity index (χ2v) is 8.03. The van der Waals surface area contributed by atoms with Gasteiger partial charge >= 0.3 is 0 Å². The molecule has 1 aliphatic heterocycles. The summed E-state index contributed by atoms with van der Waals surface area (Å²) in [6.45, 7) is 1.16. The molecule has 3 heterocycles. The van der Waals surface area contributed by atoms with Crippen molar-refractivity contribution < 1.29 is 19.3 Å². The number of alkyl halides is 1. The number of imidazole rings is 1. The zero-order valence-electron chi connectivity index (χ0n) is 15.7. The van der Waals surface area contributed by atoms with Gasteiger partial charge in [0, 0.05) is 12.1 Å². The summed E-state index contributed by atoms with van der Waals surface area (Å²) in [6, 6.07) is 0.878. The number of fused-ring (bicyclic) bond motifs is 1. The maximum atomic E-state index is 15.6. The number of nitrogen functional groups attached to an aromatic ring is 1. The Morgan fingerprint density at radius 3 is 2.57 bits per heavy atom. The fourth-order valence-corrected chi connectivity index (χ4v) is 4.25. The fourth-order valence-electron chi connectivity index (χ4n) is 4.25. The maximum absolute atomic E-state index is 15.6. The molecule has 1 saturated heterocycles. The molecule has 0 amide bonds. The third-order valence-corrected chi connectivity index (χ3v) is 6.08. The highest BCUT2D eigenvalue weighted by molar-refractivity contribution is 5.85. The molecule has 152 valence electrons. The minimum atomic E-state index is -2.08. The molecule has 2 aliphatic carbocycles. The van der Waals surface area contributed by atoms with E-state index in [-0.39, 0.29) is 12.4 Å². The molecule has 0 aromatic carbocycles. The Labute approximate surface area is 161 Å². The van der Waals surface area contributed by atoms with Crippen LogP contribution in [0.1, 0.15) is 45.3 Å². The monoisotopic (exact) mass is 392 g/mol. The molecule has 4 N–H and O–H groups in total. The third kappa shape index (κ3) is 2.58. The van der Waals surface area contributed by atoms with Crippen LogP contribution in [0.25, 0.3) is 11.2 Å². The highest BCUT2D eigenvalue weighted by Crippen LogP contribution is 2.46. The van der Waals surface area contributed by atoms with Gasteiger partial charge in [0.05, 0.1) is 12.9 Å². The SMILES string of the molecule is CC[C@@]1(F)[C@H](O)[C@@H](CO)O[C@H]1n1cnc2c(N(C3CC3)C3CC3)nc(N)nc21. The van der Waals surface area contributed by atoms with E-state index >= 15 is 4.39 Å². The van der Waals surface area contributed by atoms with Crippen LogP contribution in [0.5, 0.6) is 0 Å². The van der Waals surface area contributed by atoms with Crippen molar-refractivity contribution in [3.8, 4) is 0 Å². The summed E-state index contributed by atoms with van der Waals surface area (Å²) in [5.41, 5.74) is 4.85. The third-order valence-electron chi connectivity index (χ3n) is 6.08. The first kappa shape index (κ1) is 18.0. The van der Waals surface area contributed by atoms with E-state index < -0.39 is 30.7 Å². The Morgan fingerprint density at radius 1 is 1.32 bits per heavy atom. The predicted octanol–water partition coefficient (Wildman–Crippen LogP) is 0.909. The lowest BCUT2D eigenvalue weighted by Gasteiger charge is -2.28. The summed E-state index contributed by atoms with van der Waals surface area (Å²) in [7, 11) is 0. The standard InChI is InChI=1S/C18H25FN6O3/c1-2-18(19)13(27)11(7-26)28-16(18)24-8-21-12-14(24)22-17(20)23-15(12)25(9-3-4-9)10-5-6-10/h8-11,13,16,26-27H,2-7H2,1H3,(H2,20,22,23)/t11-,13-,16-,18-/m1/s1. The van der Waals surface area contributed by atoms with Crippen LogP contribution in [0.15, 0.2) is 6.33 Å². The molecular formula is C18H25FN6O3. The van der Waals surface area contributed by atoms with Gasteiger partial charge < -0.3 is 25.6 Å². The number of aliphatic hydroxyl groups is 2. The van der Waals surface area contributed by atoms with Gasteiger partial charge in [0.1, 0.15) is 12.2 Å². The van der Waals surface area contributed by atoms with Crippen LogP contribution in [-0.4, -0.2) is 66.3 Å². The zero-order chi connectivity index (χ0) is 19.6. The Morgan fingerprint density at radius 2 is 2.00 bits per heavy atom. The number of aliphatic hydroxyl groups excluding tert-OH is 2. The fraction of sp³-hybridized carbons (Fsp3) is 0.722. The van der Waals surface area contributed by atoms with Gasteiger partial charge in [-0.2, -0.15) is 9.97 Å². The van der Waals surface area contributed by atoms with Crippen molar-refractivity contribution in [2.24, 2.45) is 0 Å². The molecule has 0 bridgehead atoms. The second-order valence-electron chi connectivity index (χ2n) is 8.03. The van der Waals surface area contributed by atoms with Crippen molar-refractivity contribution in [3.05, 3.63) is 6.33 Å². The summed E-state index contributed by atoms with van der Waals surface area (Å²) in [6.07, 6.45) is 2.31. The van der Waals surface area contributed by atoms with Gasteiger partial charge in [0.15, 0.2) is 28.9 Å². The van der Waals surface area contributed by atoms with E-state index in [1.807, 2.05) is 0 Å². The molecule has 2 aromatic rings. The predicted molar refractivity (Wildman–Crippen MR) is 99.4 cm³/mol. The van der Waals surface area contributed by atoms with Crippen LogP contribution in [-0.2, 0) is 4.74 Å². The summed E-state index contributed by atoms with van der Waals surface area (Å²) in [5, 5.41) is 19.8. The second kappa shape index (κ2) is 6.23. The Balaban J connectivity index is 1.62. The van der Waals surface area contributed by atoms with Crippen LogP contribution in [0, 0.1) is 0 Å². The zero-order valence-corrected chi connectivity index (χ0v) is 15.7. The normalized spacial score (nSPS) is 32.9. The average molecular weight is 392 g/mol. The van der Waals surface area contributed by atoms with Gasteiger partial charge in [0.2, 0.25) is 5.95 Å². The van der Waals surface area contributed by atoms with E-state index in [4.69, 9.17) is 10.5 Å². The largest absolute Gasteiger partial charge is 0.394 e. The molecule has 2 aromatic heterocycles. The first-order valence-electron chi connectivity index (χ1n) is 9.89. The topological polar surface area (TPSA) is 123 Å². The van der Waals surface area contributed by atoms with Gasteiger partial charge in [-0.15, -0.1) is 0 Å². The van der Waals surface area contributed by atoms with E-state index in [2.05, 4.69) is 19.9 Å². The van der Waals surface area contributed by atoms with Crippen molar-refractivity contribution >= 4 is 22.9 Å². The molecule has 2 saturated carbocycles. The number of hydrogen-bond acceptors (Lipinski definition) is 8. The van der Waals surface area contributed by atoms with Crippen LogP contribution in [0.2, 0.25) is 0 Å². The number of halogens is 1. The molecule has 0 radical (unpaired) electrons. The van der Waals surface area contributed by atoms with Gasteiger partial charge in [-0.1, -0.05) is 6.92 Å². The smallest absolute Gasteiger partial charge is 0.224 e. The first-order chi connectivity index (χ1) is 13.5. The molecule has 10 heteroatoms. The first-order valence-corrected chi connectivity index (χ1v) is 9.89. The maximum Gasteiger partial charge on any atom is 0.224 e. The van der Waals surface area contributed by atoms with Crippen molar-refractivity contribution in [3.63, 3.8) is 0 Å². The van der Waals surface area contributed by atoms with Crippen molar-refractivity contribution in [1.82, 2.24) is 19.5 Å². The van der Waals surface area contributed by atoms with Gasteiger partial charge in [-0.25, -0.2) is 9.37 Å². The molecule has 0 unspecified atom stereocenters. The Hall–Kier alpha value is -2.04. The summed E-state index contributed by atoms with van der Waals surface area (Å²) >= 11 is 0. The van der Waals surface area contributed by atoms with Crippen LogP contribution < -0.4 is 10.6 Å². The molecule has 28 heavy (non-hydrogen) atoms. The van der Waals surface area contributed by atoms with Crippen LogP contribution >= 0.6 is 0 Å². The van der Waals surface area contributed by atoms with E-state index in [0.717, 1.165) is 25.7 Å². The number of aromatic nitrogens is 4. The molecule has 5 rings (SSSR count). The van der Waals surface area contributed by atoms with E-state index in [1.165, 1.54) is 10.9 Å². The Bertz CT molecular complexity index is 889. The summed E-state index contributed by atoms with van der Waals surface area (Å²) < 4.78 is 22.8.